The number of nitrogens with zero attached hydrogens (tertiary/aromatic N) is 1. The van der Waals surface area contributed by atoms with Crippen molar-refractivity contribution < 1.29 is 8.42 Å². The first-order chi connectivity index (χ1) is 8.84. The Bertz CT molecular complexity index is 574. The highest BCUT2D eigenvalue weighted by Crippen LogP contribution is 2.33. The molecule has 1 aliphatic rings. The fraction of sp³-hybridized carbons (Fsp3) is 0.538. The van der Waals surface area contributed by atoms with Crippen LogP contribution in [0.1, 0.15) is 26.7 Å². The minimum absolute atomic E-state index is 0.0738. The molecule has 0 radical (unpaired) electrons. The van der Waals surface area contributed by atoms with Gasteiger partial charge in [0.05, 0.1) is 5.02 Å². The second kappa shape index (κ2) is 5.72. The van der Waals surface area contributed by atoms with E-state index in [1.54, 1.807) is 22.5 Å². The molecular weight excluding hydrogens is 350 g/mol. The zero-order chi connectivity index (χ0) is 14.2. The SMILES string of the molecule is CC(C)C1CCCN1S(=O)(=O)c1ccc(Br)cc1Cl. The second-order valence-corrected chi connectivity index (χ2v) is 8.33. The number of sulfonamides is 1. The Morgan fingerprint density at radius 3 is 2.68 bits per heavy atom. The third kappa shape index (κ3) is 2.99. The van der Waals surface area contributed by atoms with Crippen LogP contribution < -0.4 is 0 Å². The Kier molecular flexibility index (Phi) is 4.60. The van der Waals surface area contributed by atoms with E-state index < -0.39 is 10.0 Å². The fourth-order valence-electron chi connectivity index (χ4n) is 2.54. The third-order valence-electron chi connectivity index (χ3n) is 3.50. The molecule has 1 heterocycles. The molecule has 0 spiro atoms. The molecular formula is C13H17BrClNO2S. The van der Waals surface area contributed by atoms with Gasteiger partial charge in [-0.1, -0.05) is 41.4 Å². The lowest BCUT2D eigenvalue weighted by atomic mass is 10.0. The van der Waals surface area contributed by atoms with Gasteiger partial charge >= 0.3 is 0 Å². The number of halogens is 2. The van der Waals surface area contributed by atoms with Crippen molar-refractivity contribution in [2.75, 3.05) is 6.54 Å². The first kappa shape index (κ1) is 15.3. The van der Waals surface area contributed by atoms with Gasteiger partial charge in [-0.15, -0.1) is 0 Å². The van der Waals surface area contributed by atoms with Gasteiger partial charge in [-0.25, -0.2) is 8.42 Å². The van der Waals surface area contributed by atoms with Gasteiger partial charge in [-0.05, 0) is 37.0 Å². The molecule has 0 amide bonds. The van der Waals surface area contributed by atoms with Crippen molar-refractivity contribution in [3.63, 3.8) is 0 Å². The maximum Gasteiger partial charge on any atom is 0.244 e. The van der Waals surface area contributed by atoms with Crippen molar-refractivity contribution in [3.05, 3.63) is 27.7 Å². The van der Waals surface area contributed by atoms with Crippen LogP contribution in [0.25, 0.3) is 0 Å². The van der Waals surface area contributed by atoms with Gasteiger partial charge in [0.1, 0.15) is 4.90 Å². The van der Waals surface area contributed by atoms with E-state index in [2.05, 4.69) is 29.8 Å². The molecule has 1 atom stereocenters. The molecule has 2 rings (SSSR count). The Hall–Kier alpha value is -0.100. The van der Waals surface area contributed by atoms with Crippen molar-refractivity contribution in [2.24, 2.45) is 5.92 Å². The first-order valence-corrected chi connectivity index (χ1v) is 8.92. The molecule has 19 heavy (non-hydrogen) atoms. The summed E-state index contributed by atoms with van der Waals surface area (Å²) in [6.07, 6.45) is 1.83. The fourth-order valence-corrected chi connectivity index (χ4v) is 5.38. The molecule has 1 unspecified atom stereocenters. The van der Waals surface area contributed by atoms with Gasteiger partial charge in [0, 0.05) is 17.1 Å². The van der Waals surface area contributed by atoms with E-state index in [9.17, 15) is 8.42 Å². The quantitative estimate of drug-likeness (QED) is 0.813. The van der Waals surface area contributed by atoms with Crippen molar-refractivity contribution in [3.8, 4) is 0 Å². The minimum atomic E-state index is -3.50. The molecule has 0 saturated carbocycles. The Balaban J connectivity index is 2.42. The number of rotatable bonds is 3. The van der Waals surface area contributed by atoms with Crippen LogP contribution in [-0.4, -0.2) is 25.3 Å². The van der Waals surface area contributed by atoms with Crippen LogP contribution in [0.2, 0.25) is 5.02 Å². The van der Waals surface area contributed by atoms with Crippen molar-refractivity contribution in [1.82, 2.24) is 4.31 Å². The van der Waals surface area contributed by atoms with Gasteiger partial charge in [-0.3, -0.25) is 0 Å². The molecule has 106 valence electrons. The van der Waals surface area contributed by atoms with Crippen LogP contribution >= 0.6 is 27.5 Å². The lowest BCUT2D eigenvalue weighted by Gasteiger charge is -2.27. The van der Waals surface area contributed by atoms with Gasteiger partial charge in [0.15, 0.2) is 0 Å². The molecule has 0 aromatic heterocycles. The summed E-state index contributed by atoms with van der Waals surface area (Å²) in [7, 11) is -3.50. The van der Waals surface area contributed by atoms with E-state index in [-0.39, 0.29) is 16.0 Å². The van der Waals surface area contributed by atoms with Gasteiger partial charge in [-0.2, -0.15) is 4.31 Å². The monoisotopic (exact) mass is 365 g/mol. The molecule has 0 aliphatic carbocycles. The highest BCUT2D eigenvalue weighted by atomic mass is 79.9. The summed E-state index contributed by atoms with van der Waals surface area (Å²) in [6.45, 7) is 4.70. The topological polar surface area (TPSA) is 37.4 Å². The molecule has 1 aromatic rings. The maximum atomic E-state index is 12.7. The standard InChI is InChI=1S/C13H17BrClNO2S/c1-9(2)12-4-3-7-16(12)19(17,18)13-6-5-10(14)8-11(13)15/h5-6,8-9,12H,3-4,7H2,1-2H3. The van der Waals surface area contributed by atoms with E-state index in [0.717, 1.165) is 17.3 Å². The highest BCUT2D eigenvalue weighted by Gasteiger charge is 2.37. The molecule has 1 aliphatic heterocycles. The predicted octanol–water partition coefficient (Wildman–Crippen LogP) is 3.91. The van der Waals surface area contributed by atoms with Gasteiger partial charge in [0.2, 0.25) is 10.0 Å². The van der Waals surface area contributed by atoms with Crippen molar-refractivity contribution >= 4 is 37.6 Å². The van der Waals surface area contributed by atoms with Crippen LogP contribution in [0, 0.1) is 5.92 Å². The Morgan fingerprint density at radius 2 is 2.11 bits per heavy atom. The molecule has 0 N–H and O–H groups in total. The lowest BCUT2D eigenvalue weighted by Crippen LogP contribution is -2.38. The normalized spacial score (nSPS) is 21.2. The van der Waals surface area contributed by atoms with Gasteiger partial charge < -0.3 is 0 Å². The van der Waals surface area contributed by atoms with Crippen LogP contribution in [0.3, 0.4) is 0 Å². The summed E-state index contributed by atoms with van der Waals surface area (Å²) >= 11 is 9.37. The van der Waals surface area contributed by atoms with E-state index in [1.807, 2.05) is 0 Å². The zero-order valence-corrected chi connectivity index (χ0v) is 14.1. The molecule has 0 bridgehead atoms. The van der Waals surface area contributed by atoms with Crippen LogP contribution in [0.15, 0.2) is 27.6 Å². The summed E-state index contributed by atoms with van der Waals surface area (Å²) in [5, 5.41) is 0.267. The van der Waals surface area contributed by atoms with Crippen LogP contribution in [0.4, 0.5) is 0 Å². The molecule has 6 heteroatoms. The Morgan fingerprint density at radius 1 is 1.42 bits per heavy atom. The van der Waals surface area contributed by atoms with E-state index in [1.165, 1.54) is 0 Å². The maximum absolute atomic E-state index is 12.7. The summed E-state index contributed by atoms with van der Waals surface area (Å²) in [5.41, 5.74) is 0. The van der Waals surface area contributed by atoms with Crippen molar-refractivity contribution in [2.45, 2.75) is 37.6 Å². The highest BCUT2D eigenvalue weighted by molar-refractivity contribution is 9.10. The molecule has 1 saturated heterocycles. The first-order valence-electron chi connectivity index (χ1n) is 6.31. The average molecular weight is 367 g/mol. The van der Waals surface area contributed by atoms with E-state index in [4.69, 9.17) is 11.6 Å². The summed E-state index contributed by atoms with van der Waals surface area (Å²) in [6, 6.07) is 4.97. The third-order valence-corrected chi connectivity index (χ3v) is 6.40. The number of hydrogen-bond acceptors (Lipinski definition) is 2. The van der Waals surface area contributed by atoms with Crippen LogP contribution in [-0.2, 0) is 10.0 Å². The molecule has 1 fully saturated rings. The minimum Gasteiger partial charge on any atom is -0.207 e. The smallest absolute Gasteiger partial charge is 0.207 e. The van der Waals surface area contributed by atoms with Gasteiger partial charge in [0.25, 0.3) is 0 Å². The van der Waals surface area contributed by atoms with E-state index >= 15 is 0 Å². The summed E-state index contributed by atoms with van der Waals surface area (Å²) < 4.78 is 27.8. The van der Waals surface area contributed by atoms with Crippen LogP contribution in [0.5, 0.6) is 0 Å². The zero-order valence-electron chi connectivity index (χ0n) is 10.9. The summed E-state index contributed by atoms with van der Waals surface area (Å²) in [5.74, 6) is 0.312. The number of hydrogen-bond donors (Lipinski definition) is 0. The lowest BCUT2D eigenvalue weighted by molar-refractivity contribution is 0.316. The average Bonchev–Trinajstić information content (AvgIpc) is 2.77. The largest absolute Gasteiger partial charge is 0.244 e. The van der Waals surface area contributed by atoms with E-state index in [0.29, 0.717) is 12.5 Å². The predicted molar refractivity (Wildman–Crippen MR) is 80.9 cm³/mol. The molecule has 3 nitrogen and oxygen atoms in total. The van der Waals surface area contributed by atoms with Crippen molar-refractivity contribution in [1.29, 1.82) is 0 Å². The Labute approximate surface area is 128 Å². The second-order valence-electron chi connectivity index (χ2n) is 5.14. The molecule has 1 aromatic carbocycles. The summed E-state index contributed by atoms with van der Waals surface area (Å²) in [4.78, 5) is 0.199. The number of benzene rings is 1.